The molecule has 15 heavy (non-hydrogen) atoms. The number of hydrogen-bond donors (Lipinski definition) is 2. The summed E-state index contributed by atoms with van der Waals surface area (Å²) >= 11 is 0. The summed E-state index contributed by atoms with van der Waals surface area (Å²) in [5.41, 5.74) is 0. The number of esters is 1. The van der Waals surface area contributed by atoms with E-state index in [1.807, 2.05) is 6.92 Å². The molecule has 2 atom stereocenters. The molecule has 4 heteroatoms. The highest BCUT2D eigenvalue weighted by Crippen LogP contribution is 2.12. The van der Waals surface area contributed by atoms with Gasteiger partial charge in [-0.1, -0.05) is 13.3 Å². The molecule has 0 amide bonds. The molecule has 2 N–H and O–H groups in total. The van der Waals surface area contributed by atoms with Gasteiger partial charge < -0.3 is 14.9 Å². The maximum absolute atomic E-state index is 11.0. The zero-order valence-electron chi connectivity index (χ0n) is 9.61. The minimum Gasteiger partial charge on any atom is -0.464 e. The molecule has 0 saturated heterocycles. The molecule has 0 unspecified atom stereocenters. The SMILES string of the molecule is CCOC(=O)[C@H](O)CCC[C@@H](C)CCO. The standard InChI is InChI=1S/C11H22O4/c1-3-15-11(14)10(13)6-4-5-9(2)7-8-12/h9-10,12-13H,3-8H2,1-2H3/t9-,10-/m1/s1. The molecule has 0 spiro atoms. The molecule has 0 radical (unpaired) electrons. The summed E-state index contributed by atoms with van der Waals surface area (Å²) in [5, 5.41) is 18.0. The molecule has 0 aromatic heterocycles. The third kappa shape index (κ3) is 7.33. The number of ether oxygens (including phenoxy) is 1. The van der Waals surface area contributed by atoms with Gasteiger partial charge >= 0.3 is 5.97 Å². The second-order valence-corrected chi connectivity index (χ2v) is 3.82. The summed E-state index contributed by atoms with van der Waals surface area (Å²) < 4.78 is 4.68. The third-order valence-electron chi connectivity index (χ3n) is 2.36. The van der Waals surface area contributed by atoms with E-state index >= 15 is 0 Å². The summed E-state index contributed by atoms with van der Waals surface area (Å²) in [6, 6.07) is 0. The van der Waals surface area contributed by atoms with Gasteiger partial charge in [0.25, 0.3) is 0 Å². The van der Waals surface area contributed by atoms with Gasteiger partial charge in [-0.25, -0.2) is 4.79 Å². The van der Waals surface area contributed by atoms with Crippen molar-refractivity contribution in [1.29, 1.82) is 0 Å². The van der Waals surface area contributed by atoms with Gasteiger partial charge in [-0.05, 0) is 32.1 Å². The first-order valence-electron chi connectivity index (χ1n) is 5.57. The van der Waals surface area contributed by atoms with Crippen molar-refractivity contribution in [2.75, 3.05) is 13.2 Å². The summed E-state index contributed by atoms with van der Waals surface area (Å²) in [6.07, 6.45) is 1.91. The van der Waals surface area contributed by atoms with Crippen molar-refractivity contribution in [3.05, 3.63) is 0 Å². The maximum atomic E-state index is 11.0. The molecule has 0 bridgehead atoms. The molecular weight excluding hydrogens is 196 g/mol. The van der Waals surface area contributed by atoms with Crippen LogP contribution < -0.4 is 0 Å². The Labute approximate surface area is 91.3 Å². The van der Waals surface area contributed by atoms with Crippen molar-refractivity contribution in [2.45, 2.75) is 45.6 Å². The Hall–Kier alpha value is -0.610. The first kappa shape index (κ1) is 14.4. The van der Waals surface area contributed by atoms with Crippen molar-refractivity contribution in [3.8, 4) is 0 Å². The van der Waals surface area contributed by atoms with E-state index in [4.69, 9.17) is 5.11 Å². The molecule has 4 nitrogen and oxygen atoms in total. The summed E-state index contributed by atoms with van der Waals surface area (Å²) in [7, 11) is 0. The van der Waals surface area contributed by atoms with E-state index in [0.29, 0.717) is 18.9 Å². The number of carbonyl (C=O) groups is 1. The molecule has 0 aliphatic rings. The zero-order valence-corrected chi connectivity index (χ0v) is 9.61. The lowest BCUT2D eigenvalue weighted by Gasteiger charge is -2.12. The van der Waals surface area contributed by atoms with Crippen LogP contribution >= 0.6 is 0 Å². The molecule has 0 heterocycles. The minimum absolute atomic E-state index is 0.196. The second-order valence-electron chi connectivity index (χ2n) is 3.82. The first-order chi connectivity index (χ1) is 7.11. The van der Waals surface area contributed by atoms with Crippen LogP contribution in [0.25, 0.3) is 0 Å². The predicted molar refractivity (Wildman–Crippen MR) is 57.4 cm³/mol. The third-order valence-corrected chi connectivity index (χ3v) is 2.36. The van der Waals surface area contributed by atoms with Crippen molar-refractivity contribution < 1.29 is 19.7 Å². The monoisotopic (exact) mass is 218 g/mol. The number of aliphatic hydroxyl groups is 2. The van der Waals surface area contributed by atoms with Gasteiger partial charge in [0.1, 0.15) is 0 Å². The zero-order chi connectivity index (χ0) is 11.7. The Balaban J connectivity index is 3.53. The van der Waals surface area contributed by atoms with Crippen LogP contribution in [0.2, 0.25) is 0 Å². The van der Waals surface area contributed by atoms with Crippen LogP contribution in [0.3, 0.4) is 0 Å². The molecule has 0 saturated carbocycles. The van der Waals surface area contributed by atoms with Gasteiger partial charge in [-0.3, -0.25) is 0 Å². The van der Waals surface area contributed by atoms with E-state index in [9.17, 15) is 9.90 Å². The first-order valence-corrected chi connectivity index (χ1v) is 5.57. The lowest BCUT2D eigenvalue weighted by atomic mass is 10.00. The van der Waals surface area contributed by atoms with Gasteiger partial charge in [0.15, 0.2) is 6.10 Å². The van der Waals surface area contributed by atoms with E-state index in [0.717, 1.165) is 19.3 Å². The normalized spacial score (nSPS) is 14.7. The average molecular weight is 218 g/mol. The molecule has 0 aliphatic heterocycles. The Bertz CT molecular complexity index is 170. The summed E-state index contributed by atoms with van der Waals surface area (Å²) in [5.74, 6) is -0.100. The van der Waals surface area contributed by atoms with E-state index in [1.54, 1.807) is 6.92 Å². The van der Waals surface area contributed by atoms with E-state index in [-0.39, 0.29) is 6.61 Å². The molecule has 0 aromatic rings. The second kappa shape index (κ2) is 8.68. The molecule has 0 rings (SSSR count). The minimum atomic E-state index is -0.994. The fourth-order valence-electron chi connectivity index (χ4n) is 1.38. The molecule has 0 aromatic carbocycles. The number of carbonyl (C=O) groups excluding carboxylic acids is 1. The smallest absolute Gasteiger partial charge is 0.334 e. The van der Waals surface area contributed by atoms with Gasteiger partial charge in [0.05, 0.1) is 6.61 Å². The average Bonchev–Trinajstić information content (AvgIpc) is 2.18. The van der Waals surface area contributed by atoms with Gasteiger partial charge in [-0.2, -0.15) is 0 Å². The maximum Gasteiger partial charge on any atom is 0.334 e. The van der Waals surface area contributed by atoms with Gasteiger partial charge in [-0.15, -0.1) is 0 Å². The highest BCUT2D eigenvalue weighted by atomic mass is 16.5. The van der Waals surface area contributed by atoms with Crippen LogP contribution in [0.4, 0.5) is 0 Å². The molecule has 0 aliphatic carbocycles. The highest BCUT2D eigenvalue weighted by molar-refractivity contribution is 5.74. The van der Waals surface area contributed by atoms with Gasteiger partial charge in [0.2, 0.25) is 0 Å². The van der Waals surface area contributed by atoms with Crippen LogP contribution in [0.1, 0.15) is 39.5 Å². The highest BCUT2D eigenvalue weighted by Gasteiger charge is 2.15. The Morgan fingerprint density at radius 1 is 1.33 bits per heavy atom. The number of aliphatic hydroxyl groups excluding tert-OH is 2. The van der Waals surface area contributed by atoms with E-state index < -0.39 is 12.1 Å². The van der Waals surface area contributed by atoms with Crippen LogP contribution in [0, 0.1) is 5.92 Å². The topological polar surface area (TPSA) is 66.8 Å². The van der Waals surface area contributed by atoms with Crippen molar-refractivity contribution in [3.63, 3.8) is 0 Å². The Morgan fingerprint density at radius 2 is 2.00 bits per heavy atom. The molecule has 90 valence electrons. The molecule has 0 fully saturated rings. The fourth-order valence-corrected chi connectivity index (χ4v) is 1.38. The Kier molecular flexibility index (Phi) is 8.33. The quantitative estimate of drug-likeness (QED) is 0.599. The van der Waals surface area contributed by atoms with Crippen molar-refractivity contribution in [1.82, 2.24) is 0 Å². The fraction of sp³-hybridized carbons (Fsp3) is 0.909. The summed E-state index contributed by atoms with van der Waals surface area (Å²) in [4.78, 5) is 11.0. The van der Waals surface area contributed by atoms with Gasteiger partial charge in [0, 0.05) is 6.61 Å². The molecular formula is C11H22O4. The lowest BCUT2D eigenvalue weighted by Crippen LogP contribution is -2.23. The Morgan fingerprint density at radius 3 is 2.53 bits per heavy atom. The predicted octanol–water partition coefficient (Wildman–Crippen LogP) is 1.10. The lowest BCUT2D eigenvalue weighted by molar-refractivity contribution is -0.153. The van der Waals surface area contributed by atoms with Crippen LogP contribution in [0.15, 0.2) is 0 Å². The van der Waals surface area contributed by atoms with E-state index in [2.05, 4.69) is 4.74 Å². The van der Waals surface area contributed by atoms with Crippen molar-refractivity contribution in [2.24, 2.45) is 5.92 Å². The summed E-state index contributed by atoms with van der Waals surface area (Å²) in [6.45, 7) is 4.26. The largest absolute Gasteiger partial charge is 0.464 e. The number of rotatable bonds is 8. The van der Waals surface area contributed by atoms with Crippen molar-refractivity contribution >= 4 is 5.97 Å². The van der Waals surface area contributed by atoms with Crippen LogP contribution in [0.5, 0.6) is 0 Å². The van der Waals surface area contributed by atoms with Crippen LogP contribution in [-0.4, -0.2) is 35.5 Å². The van der Waals surface area contributed by atoms with Crippen LogP contribution in [-0.2, 0) is 9.53 Å². The van der Waals surface area contributed by atoms with E-state index in [1.165, 1.54) is 0 Å². The number of hydrogen-bond acceptors (Lipinski definition) is 4.